The molecule has 0 aliphatic heterocycles. The van der Waals surface area contributed by atoms with E-state index in [1.54, 1.807) is 12.3 Å². The third-order valence-electron chi connectivity index (χ3n) is 3.21. The molecule has 24 heavy (non-hydrogen) atoms. The smallest absolute Gasteiger partial charge is 0.203 e. The maximum Gasteiger partial charge on any atom is 0.203 e. The van der Waals surface area contributed by atoms with Gasteiger partial charge >= 0.3 is 0 Å². The van der Waals surface area contributed by atoms with Crippen LogP contribution < -0.4 is 10.2 Å². The van der Waals surface area contributed by atoms with E-state index in [4.69, 9.17) is 4.74 Å². The Morgan fingerprint density at radius 3 is 2.88 bits per heavy atom. The highest BCUT2D eigenvalue weighted by molar-refractivity contribution is 7.14. The number of rotatable bonds is 6. The summed E-state index contributed by atoms with van der Waals surface area (Å²) in [6.07, 6.45) is 1.59. The number of hydrazone groups is 1. The van der Waals surface area contributed by atoms with Gasteiger partial charge in [0.15, 0.2) is 0 Å². The first-order chi connectivity index (χ1) is 11.8. The molecular weight excluding hydrogens is 325 g/mol. The summed E-state index contributed by atoms with van der Waals surface area (Å²) in [5, 5.41) is 6.82. The van der Waals surface area contributed by atoms with Crippen LogP contribution in [-0.2, 0) is 0 Å². The van der Waals surface area contributed by atoms with Crippen molar-refractivity contribution in [2.75, 3.05) is 12.0 Å². The van der Waals surface area contributed by atoms with Crippen LogP contribution in [0.5, 0.6) is 5.75 Å². The molecule has 1 aromatic heterocycles. The largest absolute Gasteiger partial charge is 0.493 e. The van der Waals surface area contributed by atoms with Gasteiger partial charge < -0.3 is 4.74 Å². The molecule has 1 N–H and O–H groups in total. The Morgan fingerprint density at radius 2 is 2.08 bits per heavy atom. The lowest BCUT2D eigenvalue weighted by molar-refractivity contribution is 0.338. The molecule has 0 aliphatic carbocycles. The van der Waals surface area contributed by atoms with Crippen molar-refractivity contribution >= 4 is 22.7 Å². The van der Waals surface area contributed by atoms with E-state index in [9.17, 15) is 4.39 Å². The normalized spacial score (nSPS) is 10.9. The Bertz CT molecular complexity index is 833. The average Bonchev–Trinajstić information content (AvgIpc) is 3.07. The van der Waals surface area contributed by atoms with Gasteiger partial charge in [0.25, 0.3) is 0 Å². The van der Waals surface area contributed by atoms with Gasteiger partial charge in [0.05, 0.1) is 18.5 Å². The molecule has 0 bridgehead atoms. The molecule has 0 amide bonds. The minimum Gasteiger partial charge on any atom is -0.493 e. The predicted octanol–water partition coefficient (Wildman–Crippen LogP) is 4.79. The first-order valence-electron chi connectivity index (χ1n) is 7.48. The molecule has 2 aromatic carbocycles. The Kier molecular flexibility index (Phi) is 5.18. The maximum atomic E-state index is 13.3. The minimum absolute atomic E-state index is 0.337. The van der Waals surface area contributed by atoms with E-state index in [1.807, 2.05) is 42.6 Å². The molecule has 0 atom stereocenters. The first kappa shape index (κ1) is 16.1. The summed E-state index contributed by atoms with van der Waals surface area (Å²) < 4.78 is 18.7. The minimum atomic E-state index is -0.337. The number of thiazole rings is 1. The Balaban J connectivity index is 1.70. The molecule has 0 aliphatic rings. The third kappa shape index (κ3) is 3.97. The van der Waals surface area contributed by atoms with Crippen LogP contribution in [0.4, 0.5) is 9.52 Å². The van der Waals surface area contributed by atoms with E-state index in [1.165, 1.54) is 23.5 Å². The standard InChI is InChI=1S/C18H16FN3OS/c1-2-23-17-10-15(19)9-8-14(17)11-20-22-18-21-16(12-24-18)13-6-4-3-5-7-13/h3-12H,2H2,1H3,(H,21,22). The van der Waals surface area contributed by atoms with Crippen molar-refractivity contribution < 1.29 is 9.13 Å². The zero-order valence-corrected chi connectivity index (χ0v) is 13.9. The van der Waals surface area contributed by atoms with Crippen molar-refractivity contribution in [2.24, 2.45) is 5.10 Å². The van der Waals surface area contributed by atoms with E-state index >= 15 is 0 Å². The predicted molar refractivity (Wildman–Crippen MR) is 96.3 cm³/mol. The summed E-state index contributed by atoms with van der Waals surface area (Å²) in [5.41, 5.74) is 5.55. The molecule has 1 heterocycles. The summed E-state index contributed by atoms with van der Waals surface area (Å²) >= 11 is 1.47. The fourth-order valence-corrected chi connectivity index (χ4v) is 2.79. The van der Waals surface area contributed by atoms with Crippen molar-refractivity contribution in [1.29, 1.82) is 0 Å². The van der Waals surface area contributed by atoms with Crippen LogP contribution in [0.15, 0.2) is 59.0 Å². The van der Waals surface area contributed by atoms with Gasteiger partial charge in [0, 0.05) is 22.6 Å². The molecule has 6 heteroatoms. The molecule has 3 aromatic rings. The number of hydrogen-bond donors (Lipinski definition) is 1. The van der Waals surface area contributed by atoms with Crippen LogP contribution in [-0.4, -0.2) is 17.8 Å². The monoisotopic (exact) mass is 341 g/mol. The van der Waals surface area contributed by atoms with Crippen LogP contribution in [0, 0.1) is 5.82 Å². The number of ether oxygens (including phenoxy) is 1. The molecule has 0 unspecified atom stereocenters. The lowest BCUT2D eigenvalue weighted by Gasteiger charge is -2.06. The van der Waals surface area contributed by atoms with Gasteiger partial charge in [-0.05, 0) is 19.1 Å². The molecule has 0 fully saturated rings. The van der Waals surface area contributed by atoms with Crippen LogP contribution in [0.3, 0.4) is 0 Å². The molecule has 122 valence electrons. The zero-order valence-electron chi connectivity index (χ0n) is 13.1. The number of benzene rings is 2. The molecule has 0 radical (unpaired) electrons. The van der Waals surface area contributed by atoms with Crippen LogP contribution in [0.25, 0.3) is 11.3 Å². The van der Waals surface area contributed by atoms with Gasteiger partial charge in [-0.15, -0.1) is 11.3 Å². The van der Waals surface area contributed by atoms with E-state index in [0.717, 1.165) is 11.3 Å². The fourth-order valence-electron chi connectivity index (χ4n) is 2.12. The van der Waals surface area contributed by atoms with Gasteiger partial charge in [0.2, 0.25) is 5.13 Å². The van der Waals surface area contributed by atoms with Crippen molar-refractivity contribution in [2.45, 2.75) is 6.92 Å². The molecule has 0 saturated heterocycles. The Labute approximate surface area is 143 Å². The van der Waals surface area contributed by atoms with Crippen molar-refractivity contribution in [3.63, 3.8) is 0 Å². The number of nitrogens with zero attached hydrogens (tertiary/aromatic N) is 2. The molecular formula is C18H16FN3OS. The number of hydrogen-bond acceptors (Lipinski definition) is 5. The highest BCUT2D eigenvalue weighted by atomic mass is 32.1. The maximum absolute atomic E-state index is 13.3. The van der Waals surface area contributed by atoms with E-state index in [2.05, 4.69) is 15.5 Å². The summed E-state index contributed by atoms with van der Waals surface area (Å²) in [6.45, 7) is 2.31. The second-order valence-corrected chi connectivity index (χ2v) is 5.75. The van der Waals surface area contributed by atoms with E-state index < -0.39 is 0 Å². The lowest BCUT2D eigenvalue weighted by atomic mass is 10.2. The summed E-state index contributed by atoms with van der Waals surface area (Å²) in [5.74, 6) is 0.128. The van der Waals surface area contributed by atoms with Crippen molar-refractivity contribution in [3.8, 4) is 17.0 Å². The first-order valence-corrected chi connectivity index (χ1v) is 8.36. The molecule has 0 saturated carbocycles. The molecule has 0 spiro atoms. The number of nitrogens with one attached hydrogen (secondary N) is 1. The summed E-state index contributed by atoms with van der Waals surface area (Å²) in [4.78, 5) is 4.49. The van der Waals surface area contributed by atoms with Crippen LogP contribution >= 0.6 is 11.3 Å². The quantitative estimate of drug-likeness (QED) is 0.518. The van der Waals surface area contributed by atoms with Crippen molar-refractivity contribution in [1.82, 2.24) is 4.98 Å². The zero-order chi connectivity index (χ0) is 16.8. The van der Waals surface area contributed by atoms with Crippen LogP contribution in [0.1, 0.15) is 12.5 Å². The lowest BCUT2D eigenvalue weighted by Crippen LogP contribution is -1.98. The highest BCUT2D eigenvalue weighted by Gasteiger charge is 2.04. The number of anilines is 1. The second kappa shape index (κ2) is 7.70. The van der Waals surface area contributed by atoms with Gasteiger partial charge in [-0.2, -0.15) is 5.10 Å². The fraction of sp³-hybridized carbons (Fsp3) is 0.111. The SMILES string of the molecule is CCOc1cc(F)ccc1C=NNc1nc(-c2ccccc2)cs1. The Hall–Kier alpha value is -2.73. The second-order valence-electron chi connectivity index (χ2n) is 4.89. The topological polar surface area (TPSA) is 46.5 Å². The van der Waals surface area contributed by atoms with E-state index in [0.29, 0.717) is 23.1 Å². The number of aromatic nitrogens is 1. The Morgan fingerprint density at radius 1 is 1.25 bits per heavy atom. The molecule has 3 rings (SSSR count). The third-order valence-corrected chi connectivity index (χ3v) is 3.96. The number of halogens is 1. The van der Waals surface area contributed by atoms with E-state index in [-0.39, 0.29) is 5.82 Å². The average molecular weight is 341 g/mol. The van der Waals surface area contributed by atoms with Gasteiger partial charge in [0.1, 0.15) is 11.6 Å². The summed E-state index contributed by atoms with van der Waals surface area (Å²) in [6, 6.07) is 14.3. The van der Waals surface area contributed by atoms with Gasteiger partial charge in [-0.3, -0.25) is 5.43 Å². The van der Waals surface area contributed by atoms with Gasteiger partial charge in [-0.25, -0.2) is 9.37 Å². The molecule has 4 nitrogen and oxygen atoms in total. The van der Waals surface area contributed by atoms with Gasteiger partial charge in [-0.1, -0.05) is 30.3 Å². The summed E-state index contributed by atoms with van der Waals surface area (Å²) in [7, 11) is 0. The van der Waals surface area contributed by atoms with Crippen molar-refractivity contribution in [3.05, 3.63) is 65.3 Å². The highest BCUT2D eigenvalue weighted by Crippen LogP contribution is 2.24. The van der Waals surface area contributed by atoms with Crippen LogP contribution in [0.2, 0.25) is 0 Å².